The standard InChI is InChI=1S/C19H30O/c1-14(2)10-8-6-7-9-11-18(20)19-16(4)12-15(3)13-17(19)5/h12-14H,6-11H2,1-5H3. The fraction of sp³-hybridized carbons (Fsp3) is 0.632. The van der Waals surface area contributed by atoms with Gasteiger partial charge in [-0.05, 0) is 44.2 Å². The Kier molecular flexibility index (Phi) is 6.98. The number of carbonyl (C=O) groups excluding carboxylic acids is 1. The maximum atomic E-state index is 12.3. The summed E-state index contributed by atoms with van der Waals surface area (Å²) >= 11 is 0. The number of hydrogen-bond donors (Lipinski definition) is 0. The lowest BCUT2D eigenvalue weighted by Gasteiger charge is -2.10. The molecule has 0 unspecified atom stereocenters. The lowest BCUT2D eigenvalue weighted by Crippen LogP contribution is -2.05. The van der Waals surface area contributed by atoms with Crippen molar-refractivity contribution < 1.29 is 4.79 Å². The summed E-state index contributed by atoms with van der Waals surface area (Å²) in [5.74, 6) is 1.12. The topological polar surface area (TPSA) is 17.1 Å². The first-order valence-electron chi connectivity index (χ1n) is 8.03. The molecule has 1 nitrogen and oxygen atoms in total. The zero-order chi connectivity index (χ0) is 15.1. The highest BCUT2D eigenvalue weighted by atomic mass is 16.1. The van der Waals surface area contributed by atoms with E-state index >= 15 is 0 Å². The number of aryl methyl sites for hydroxylation is 3. The smallest absolute Gasteiger partial charge is 0.163 e. The van der Waals surface area contributed by atoms with Crippen LogP contribution in [-0.2, 0) is 0 Å². The Morgan fingerprint density at radius 3 is 2.05 bits per heavy atom. The molecule has 0 aliphatic heterocycles. The third-order valence-corrected chi connectivity index (χ3v) is 3.89. The summed E-state index contributed by atoms with van der Waals surface area (Å²) in [4.78, 5) is 12.3. The van der Waals surface area contributed by atoms with Crippen molar-refractivity contribution in [2.45, 2.75) is 73.1 Å². The fourth-order valence-electron chi connectivity index (χ4n) is 2.94. The third-order valence-electron chi connectivity index (χ3n) is 3.89. The molecular weight excluding hydrogens is 244 g/mol. The average molecular weight is 274 g/mol. The molecule has 20 heavy (non-hydrogen) atoms. The van der Waals surface area contributed by atoms with Crippen molar-refractivity contribution in [2.24, 2.45) is 5.92 Å². The third kappa shape index (κ3) is 5.48. The van der Waals surface area contributed by atoms with E-state index in [2.05, 4.69) is 46.8 Å². The number of rotatable bonds is 8. The summed E-state index contributed by atoms with van der Waals surface area (Å²) in [6, 6.07) is 4.23. The van der Waals surface area contributed by atoms with Crippen molar-refractivity contribution in [2.75, 3.05) is 0 Å². The average Bonchev–Trinajstić information content (AvgIpc) is 2.31. The quantitative estimate of drug-likeness (QED) is 0.433. The lowest BCUT2D eigenvalue weighted by molar-refractivity contribution is 0.0978. The Morgan fingerprint density at radius 2 is 1.50 bits per heavy atom. The minimum Gasteiger partial charge on any atom is -0.294 e. The van der Waals surface area contributed by atoms with Crippen molar-refractivity contribution in [3.05, 3.63) is 34.4 Å². The maximum absolute atomic E-state index is 12.3. The van der Waals surface area contributed by atoms with Crippen LogP contribution < -0.4 is 0 Å². The zero-order valence-electron chi connectivity index (χ0n) is 13.9. The fourth-order valence-corrected chi connectivity index (χ4v) is 2.94. The molecule has 0 atom stereocenters. The van der Waals surface area contributed by atoms with E-state index in [4.69, 9.17) is 0 Å². The molecule has 112 valence electrons. The first kappa shape index (κ1) is 16.9. The molecule has 0 radical (unpaired) electrons. The van der Waals surface area contributed by atoms with Crippen molar-refractivity contribution in [1.82, 2.24) is 0 Å². The molecule has 0 heterocycles. The second kappa shape index (κ2) is 8.24. The number of hydrogen-bond acceptors (Lipinski definition) is 1. The molecule has 0 saturated heterocycles. The molecule has 1 heteroatoms. The minimum atomic E-state index is 0.323. The van der Waals surface area contributed by atoms with Crippen molar-refractivity contribution in [3.8, 4) is 0 Å². The zero-order valence-corrected chi connectivity index (χ0v) is 13.9. The van der Waals surface area contributed by atoms with Gasteiger partial charge in [-0.15, -0.1) is 0 Å². The van der Waals surface area contributed by atoms with Crippen LogP contribution in [0.5, 0.6) is 0 Å². The monoisotopic (exact) mass is 274 g/mol. The van der Waals surface area contributed by atoms with Gasteiger partial charge < -0.3 is 0 Å². The highest BCUT2D eigenvalue weighted by Crippen LogP contribution is 2.19. The Hall–Kier alpha value is -1.11. The van der Waals surface area contributed by atoms with Crippen LogP contribution in [0.4, 0.5) is 0 Å². The van der Waals surface area contributed by atoms with E-state index < -0.39 is 0 Å². The van der Waals surface area contributed by atoms with E-state index in [0.717, 1.165) is 29.0 Å². The van der Waals surface area contributed by atoms with Crippen LogP contribution in [0.25, 0.3) is 0 Å². The van der Waals surface area contributed by atoms with Crippen LogP contribution in [-0.4, -0.2) is 5.78 Å². The van der Waals surface area contributed by atoms with Crippen LogP contribution in [0.1, 0.15) is 79.4 Å². The van der Waals surface area contributed by atoms with Gasteiger partial charge in [-0.3, -0.25) is 4.79 Å². The predicted molar refractivity (Wildman–Crippen MR) is 87.5 cm³/mol. The summed E-state index contributed by atoms with van der Waals surface area (Å²) < 4.78 is 0. The predicted octanol–water partition coefficient (Wildman–Crippen LogP) is 5.79. The summed E-state index contributed by atoms with van der Waals surface area (Å²) in [6.45, 7) is 10.7. The van der Waals surface area contributed by atoms with Gasteiger partial charge in [0.15, 0.2) is 5.78 Å². The summed E-state index contributed by atoms with van der Waals surface area (Å²) in [5, 5.41) is 0. The number of benzene rings is 1. The molecular formula is C19H30O. The Morgan fingerprint density at radius 1 is 0.950 bits per heavy atom. The molecule has 0 amide bonds. The van der Waals surface area contributed by atoms with Gasteiger partial charge in [0.1, 0.15) is 0 Å². The van der Waals surface area contributed by atoms with Gasteiger partial charge >= 0.3 is 0 Å². The largest absolute Gasteiger partial charge is 0.294 e. The number of carbonyl (C=O) groups is 1. The molecule has 0 aliphatic carbocycles. The summed E-state index contributed by atoms with van der Waals surface area (Å²) in [6.07, 6.45) is 6.79. The van der Waals surface area contributed by atoms with Gasteiger partial charge in [0.2, 0.25) is 0 Å². The molecule has 1 rings (SSSR count). The number of ketones is 1. The molecule has 0 N–H and O–H groups in total. The summed E-state index contributed by atoms with van der Waals surface area (Å²) in [5.41, 5.74) is 4.46. The highest BCUT2D eigenvalue weighted by molar-refractivity contribution is 5.98. The van der Waals surface area contributed by atoms with Crippen LogP contribution in [0, 0.1) is 26.7 Å². The number of Topliss-reactive ketones (excluding diaryl/α,β-unsaturated/α-hetero) is 1. The van der Waals surface area contributed by atoms with Gasteiger partial charge in [0.25, 0.3) is 0 Å². The molecule has 0 saturated carbocycles. The van der Waals surface area contributed by atoms with Crippen LogP contribution in [0.3, 0.4) is 0 Å². The Bertz CT molecular complexity index is 420. The minimum absolute atomic E-state index is 0.323. The normalized spacial score (nSPS) is 11.1. The van der Waals surface area contributed by atoms with E-state index in [-0.39, 0.29) is 0 Å². The van der Waals surface area contributed by atoms with E-state index in [1.807, 2.05) is 0 Å². The van der Waals surface area contributed by atoms with Crippen LogP contribution in [0.2, 0.25) is 0 Å². The van der Waals surface area contributed by atoms with Crippen LogP contribution in [0.15, 0.2) is 12.1 Å². The molecule has 0 aromatic heterocycles. The Balaban J connectivity index is 2.40. The second-order valence-electron chi connectivity index (χ2n) is 6.54. The molecule has 0 fully saturated rings. The van der Waals surface area contributed by atoms with Gasteiger partial charge in [-0.1, -0.05) is 57.2 Å². The van der Waals surface area contributed by atoms with E-state index in [0.29, 0.717) is 12.2 Å². The lowest BCUT2D eigenvalue weighted by atomic mass is 9.94. The highest BCUT2D eigenvalue weighted by Gasteiger charge is 2.12. The molecule has 0 aliphatic rings. The van der Waals surface area contributed by atoms with E-state index in [1.54, 1.807) is 0 Å². The molecule has 1 aromatic rings. The Labute approximate surface area is 124 Å². The maximum Gasteiger partial charge on any atom is 0.163 e. The molecule has 1 aromatic carbocycles. The molecule has 0 bridgehead atoms. The van der Waals surface area contributed by atoms with Crippen molar-refractivity contribution >= 4 is 5.78 Å². The second-order valence-corrected chi connectivity index (χ2v) is 6.54. The first-order chi connectivity index (χ1) is 9.41. The van der Waals surface area contributed by atoms with Gasteiger partial charge in [0, 0.05) is 12.0 Å². The van der Waals surface area contributed by atoms with Gasteiger partial charge in [-0.2, -0.15) is 0 Å². The van der Waals surface area contributed by atoms with E-state index in [9.17, 15) is 4.79 Å². The molecule has 0 spiro atoms. The van der Waals surface area contributed by atoms with Crippen molar-refractivity contribution in [1.29, 1.82) is 0 Å². The van der Waals surface area contributed by atoms with Gasteiger partial charge in [0.05, 0.1) is 0 Å². The van der Waals surface area contributed by atoms with Crippen molar-refractivity contribution in [3.63, 3.8) is 0 Å². The van der Waals surface area contributed by atoms with Crippen LogP contribution >= 0.6 is 0 Å². The number of unbranched alkanes of at least 4 members (excludes halogenated alkanes) is 3. The van der Waals surface area contributed by atoms with Gasteiger partial charge in [-0.25, -0.2) is 0 Å². The first-order valence-corrected chi connectivity index (χ1v) is 8.03. The SMILES string of the molecule is Cc1cc(C)c(C(=O)CCCCCCC(C)C)c(C)c1. The van der Waals surface area contributed by atoms with E-state index in [1.165, 1.54) is 31.2 Å². The summed E-state index contributed by atoms with van der Waals surface area (Å²) in [7, 11) is 0.